The molecule has 4 heterocycles. The van der Waals surface area contributed by atoms with E-state index in [1.54, 1.807) is 29.0 Å². The van der Waals surface area contributed by atoms with Crippen molar-refractivity contribution in [3.63, 3.8) is 0 Å². The Kier molecular flexibility index (Phi) is 3.13. The average molecular weight is 378 g/mol. The van der Waals surface area contributed by atoms with Crippen LogP contribution in [0.15, 0.2) is 43.0 Å². The SMILES string of the molecule is FC(F)(F)c1ncc2cc([C@H]3CC3c3cc(Cl)nn4ccnc34)ccn12. The predicted molar refractivity (Wildman–Crippen MR) is 88.3 cm³/mol. The van der Waals surface area contributed by atoms with E-state index in [0.717, 1.165) is 27.6 Å². The summed E-state index contributed by atoms with van der Waals surface area (Å²) in [6, 6.07) is 5.30. The zero-order chi connectivity index (χ0) is 18.1. The summed E-state index contributed by atoms with van der Waals surface area (Å²) < 4.78 is 41.6. The van der Waals surface area contributed by atoms with Gasteiger partial charge in [-0.3, -0.25) is 4.40 Å². The molecule has 0 amide bonds. The number of imidazole rings is 2. The van der Waals surface area contributed by atoms with E-state index in [0.29, 0.717) is 10.7 Å². The van der Waals surface area contributed by atoms with Crippen LogP contribution in [0.3, 0.4) is 0 Å². The van der Waals surface area contributed by atoms with Crippen molar-refractivity contribution in [2.75, 3.05) is 0 Å². The lowest BCUT2D eigenvalue weighted by molar-refractivity contribution is -0.145. The predicted octanol–water partition coefficient (Wildman–Crippen LogP) is 4.32. The van der Waals surface area contributed by atoms with Crippen LogP contribution in [0.5, 0.6) is 0 Å². The molecule has 4 aromatic rings. The maximum Gasteiger partial charge on any atom is 0.450 e. The molecule has 0 saturated heterocycles. The van der Waals surface area contributed by atoms with Gasteiger partial charge in [-0.1, -0.05) is 11.6 Å². The highest BCUT2D eigenvalue weighted by Crippen LogP contribution is 2.55. The van der Waals surface area contributed by atoms with Gasteiger partial charge in [0.05, 0.1) is 11.7 Å². The maximum absolute atomic E-state index is 13.0. The third-order valence-corrected chi connectivity index (χ3v) is 4.97. The minimum atomic E-state index is -4.48. The number of hydrogen-bond acceptors (Lipinski definition) is 3. The number of fused-ring (bicyclic) bond motifs is 2. The van der Waals surface area contributed by atoms with Gasteiger partial charge in [0.2, 0.25) is 5.82 Å². The molecule has 0 bridgehead atoms. The highest BCUT2D eigenvalue weighted by atomic mass is 35.5. The number of alkyl halides is 3. The standard InChI is InChI=1S/C17H11ClF3N5/c18-14-7-13(15-22-2-4-26(15)24-14)12-6-11(12)9-1-3-25-10(5-9)8-23-16(25)17(19,20)21/h1-5,7-8,11-12H,6H2/t11-,12?/m1/s1. The third kappa shape index (κ3) is 2.36. The summed E-state index contributed by atoms with van der Waals surface area (Å²) in [7, 11) is 0. The molecule has 0 radical (unpaired) electrons. The molecule has 1 aliphatic carbocycles. The van der Waals surface area contributed by atoms with Gasteiger partial charge in [-0.25, -0.2) is 14.5 Å². The fraction of sp³-hybridized carbons (Fsp3) is 0.235. The van der Waals surface area contributed by atoms with Crippen molar-refractivity contribution in [1.82, 2.24) is 24.0 Å². The second-order valence-electron chi connectivity index (χ2n) is 6.40. The topological polar surface area (TPSA) is 47.5 Å². The lowest BCUT2D eigenvalue weighted by Gasteiger charge is -2.07. The molecule has 0 aliphatic heterocycles. The number of nitrogens with zero attached hydrogens (tertiary/aromatic N) is 5. The van der Waals surface area contributed by atoms with Crippen molar-refractivity contribution < 1.29 is 13.2 Å². The zero-order valence-corrected chi connectivity index (χ0v) is 13.9. The normalized spacial score (nSPS) is 20.2. The Labute approximate surface area is 150 Å². The largest absolute Gasteiger partial charge is 0.450 e. The molecule has 0 N–H and O–H groups in total. The minimum absolute atomic E-state index is 0.211. The van der Waals surface area contributed by atoms with E-state index < -0.39 is 12.0 Å². The van der Waals surface area contributed by atoms with Gasteiger partial charge >= 0.3 is 6.18 Å². The Morgan fingerprint density at radius 2 is 1.96 bits per heavy atom. The lowest BCUT2D eigenvalue weighted by atomic mass is 10.1. The van der Waals surface area contributed by atoms with Gasteiger partial charge in [0, 0.05) is 24.2 Å². The lowest BCUT2D eigenvalue weighted by Crippen LogP contribution is -2.10. The molecular weight excluding hydrogens is 367 g/mol. The number of hydrogen-bond donors (Lipinski definition) is 0. The van der Waals surface area contributed by atoms with Gasteiger partial charge < -0.3 is 0 Å². The van der Waals surface area contributed by atoms with E-state index >= 15 is 0 Å². The van der Waals surface area contributed by atoms with Gasteiger partial charge in [0.1, 0.15) is 5.15 Å². The van der Waals surface area contributed by atoms with Crippen LogP contribution in [-0.2, 0) is 6.18 Å². The summed E-state index contributed by atoms with van der Waals surface area (Å²) in [5.41, 5.74) is 3.17. The van der Waals surface area contributed by atoms with Crippen molar-refractivity contribution in [2.45, 2.75) is 24.4 Å². The first-order valence-electron chi connectivity index (χ1n) is 7.96. The van der Waals surface area contributed by atoms with Crippen LogP contribution in [0.1, 0.15) is 35.2 Å². The molecule has 1 aliphatic rings. The van der Waals surface area contributed by atoms with Crippen molar-refractivity contribution in [3.8, 4) is 0 Å². The fourth-order valence-electron chi connectivity index (χ4n) is 3.55. The van der Waals surface area contributed by atoms with Crippen molar-refractivity contribution in [1.29, 1.82) is 0 Å². The van der Waals surface area contributed by atoms with E-state index in [4.69, 9.17) is 11.6 Å². The van der Waals surface area contributed by atoms with Crippen LogP contribution in [0.2, 0.25) is 5.15 Å². The summed E-state index contributed by atoms with van der Waals surface area (Å²) >= 11 is 6.09. The molecule has 132 valence electrons. The second-order valence-corrected chi connectivity index (χ2v) is 6.79. The summed E-state index contributed by atoms with van der Waals surface area (Å²) in [6.45, 7) is 0. The first-order valence-corrected chi connectivity index (χ1v) is 8.33. The maximum atomic E-state index is 13.0. The first kappa shape index (κ1) is 15.6. The summed E-state index contributed by atoms with van der Waals surface area (Å²) in [5.74, 6) is -0.484. The number of aromatic nitrogens is 5. The van der Waals surface area contributed by atoms with Crippen LogP contribution in [0.25, 0.3) is 11.2 Å². The molecule has 1 saturated carbocycles. The Bertz CT molecular complexity index is 1150. The monoisotopic (exact) mass is 377 g/mol. The Morgan fingerprint density at radius 3 is 2.77 bits per heavy atom. The van der Waals surface area contributed by atoms with Crippen LogP contribution >= 0.6 is 11.6 Å². The van der Waals surface area contributed by atoms with Crippen molar-refractivity contribution in [3.05, 3.63) is 65.1 Å². The van der Waals surface area contributed by atoms with Crippen LogP contribution < -0.4 is 0 Å². The smallest absolute Gasteiger partial charge is 0.296 e. The van der Waals surface area contributed by atoms with Crippen molar-refractivity contribution >= 4 is 22.8 Å². The molecule has 5 rings (SSSR count). The minimum Gasteiger partial charge on any atom is -0.296 e. The molecule has 1 unspecified atom stereocenters. The van der Waals surface area contributed by atoms with Gasteiger partial charge in [-0.05, 0) is 42.0 Å². The zero-order valence-electron chi connectivity index (χ0n) is 13.2. The van der Waals surface area contributed by atoms with Gasteiger partial charge in [-0.15, -0.1) is 0 Å². The van der Waals surface area contributed by atoms with E-state index in [2.05, 4.69) is 15.1 Å². The third-order valence-electron chi connectivity index (χ3n) is 4.79. The van der Waals surface area contributed by atoms with E-state index in [1.165, 1.54) is 12.4 Å². The molecular formula is C17H11ClF3N5. The Hall–Kier alpha value is -2.61. The molecule has 1 fully saturated rings. The summed E-state index contributed by atoms with van der Waals surface area (Å²) in [4.78, 5) is 7.84. The van der Waals surface area contributed by atoms with Crippen LogP contribution in [0.4, 0.5) is 13.2 Å². The number of pyridine rings is 1. The highest BCUT2D eigenvalue weighted by Gasteiger charge is 2.42. The number of rotatable bonds is 2. The molecule has 5 nitrogen and oxygen atoms in total. The van der Waals surface area contributed by atoms with Crippen molar-refractivity contribution in [2.24, 2.45) is 0 Å². The molecule has 0 aromatic carbocycles. The molecule has 0 spiro atoms. The quantitative estimate of drug-likeness (QED) is 0.522. The van der Waals surface area contributed by atoms with E-state index in [9.17, 15) is 13.2 Å². The molecule has 26 heavy (non-hydrogen) atoms. The van der Waals surface area contributed by atoms with Gasteiger partial charge in [-0.2, -0.15) is 18.3 Å². The molecule has 2 atom stereocenters. The molecule has 9 heteroatoms. The van der Waals surface area contributed by atoms with E-state index in [-0.39, 0.29) is 11.8 Å². The first-order chi connectivity index (χ1) is 12.4. The van der Waals surface area contributed by atoms with Gasteiger partial charge in [0.25, 0.3) is 0 Å². The van der Waals surface area contributed by atoms with Crippen LogP contribution in [0, 0.1) is 0 Å². The van der Waals surface area contributed by atoms with Crippen LogP contribution in [-0.4, -0.2) is 24.0 Å². The fourth-order valence-corrected chi connectivity index (χ4v) is 3.75. The molecule has 4 aromatic heterocycles. The average Bonchev–Trinajstić information content (AvgIpc) is 3.02. The summed E-state index contributed by atoms with van der Waals surface area (Å²) in [6.07, 6.45) is 2.49. The number of halogens is 4. The van der Waals surface area contributed by atoms with E-state index in [1.807, 2.05) is 6.07 Å². The Morgan fingerprint density at radius 1 is 1.12 bits per heavy atom. The summed E-state index contributed by atoms with van der Waals surface area (Å²) in [5, 5.41) is 4.56. The Balaban J connectivity index is 1.51. The van der Waals surface area contributed by atoms with Gasteiger partial charge in [0.15, 0.2) is 5.65 Å². The second kappa shape index (κ2) is 5.20. The highest BCUT2D eigenvalue weighted by molar-refractivity contribution is 6.29.